The first-order chi connectivity index (χ1) is 13.6. The molecule has 4 N–H and O–H groups in total. The number of phosphoric acid groups is 2. The van der Waals surface area contributed by atoms with Gasteiger partial charge in [0.25, 0.3) is 15.6 Å². The van der Waals surface area contributed by atoms with Crippen molar-refractivity contribution in [3.8, 4) is 0 Å². The van der Waals surface area contributed by atoms with E-state index in [1.165, 1.54) is 6.07 Å². The van der Waals surface area contributed by atoms with Gasteiger partial charge in [0, 0.05) is 6.20 Å². The van der Waals surface area contributed by atoms with E-state index >= 15 is 0 Å². The Morgan fingerprint density at radius 2 is 1.81 bits per heavy atom. The van der Waals surface area contributed by atoms with Crippen molar-refractivity contribution in [2.24, 2.45) is 0 Å². The first-order valence-electron chi connectivity index (χ1n) is 8.39. The summed E-state index contributed by atoms with van der Waals surface area (Å²) in [5.41, 5.74) is 4.49. The Bertz CT molecular complexity index is 910. The molecule has 15 nitrogen and oxygen atoms in total. The smallest absolute Gasteiger partial charge is 0.756 e. The Balaban J connectivity index is 0.00000480. The van der Waals surface area contributed by atoms with Crippen molar-refractivity contribution in [1.29, 1.82) is 0 Å². The number of nitrogens with two attached hydrogens (primary N) is 1. The number of aliphatic hydroxyl groups is 2. The van der Waals surface area contributed by atoms with Crippen LogP contribution in [0.25, 0.3) is 0 Å². The molecule has 1 saturated heterocycles. The van der Waals surface area contributed by atoms with E-state index in [2.05, 4.69) is 18.3 Å². The van der Waals surface area contributed by atoms with Gasteiger partial charge in [0.2, 0.25) is 0 Å². The molecule has 0 radical (unpaired) electrons. The summed E-state index contributed by atoms with van der Waals surface area (Å²) in [6, 6.07) is 1.25. The number of hydrogen-bond acceptors (Lipinski definition) is 13. The Labute approximate surface area is 199 Å². The Kier molecular flexibility index (Phi) is 10.0. The van der Waals surface area contributed by atoms with Gasteiger partial charge >= 0.3 is 35.2 Å². The van der Waals surface area contributed by atoms with Crippen LogP contribution in [-0.4, -0.2) is 77.0 Å². The molecule has 1 aliphatic rings. The fourth-order valence-electron chi connectivity index (χ4n) is 2.29. The zero-order valence-corrected chi connectivity index (χ0v) is 21.0. The van der Waals surface area contributed by atoms with Gasteiger partial charge in [0.15, 0.2) is 13.0 Å². The van der Waals surface area contributed by atoms with Crippen molar-refractivity contribution in [3.05, 3.63) is 22.7 Å². The van der Waals surface area contributed by atoms with Gasteiger partial charge in [-0.1, -0.05) is 0 Å². The molecule has 31 heavy (non-hydrogen) atoms. The largest absolute Gasteiger partial charge is 1.00 e. The SMILES string of the molecule is C[N+](C)(C)COP(=O)([O-])OP(=O)([O-])OC[C@@H]1O[C@@H](n2ccc(N)nc2=O)[C@@H](O)[C@H]1O.[Na+]. The van der Waals surface area contributed by atoms with Crippen LogP contribution in [0.3, 0.4) is 0 Å². The molecule has 2 unspecified atom stereocenters. The average Bonchev–Trinajstić information content (AvgIpc) is 2.85. The van der Waals surface area contributed by atoms with Crippen LogP contribution in [0.2, 0.25) is 0 Å². The molecule has 0 bridgehead atoms. The minimum Gasteiger partial charge on any atom is -0.756 e. The van der Waals surface area contributed by atoms with Gasteiger partial charge < -0.3 is 39.5 Å². The quantitative estimate of drug-likeness (QED) is 0.126. The van der Waals surface area contributed by atoms with Crippen molar-refractivity contribution < 1.29 is 81.3 Å². The number of phosphoric ester groups is 2. The first-order valence-corrected chi connectivity index (χ1v) is 11.3. The van der Waals surface area contributed by atoms with Crippen molar-refractivity contribution in [1.82, 2.24) is 9.55 Å². The minimum atomic E-state index is -5.43. The third-order valence-corrected chi connectivity index (χ3v) is 6.16. The number of nitrogens with zero attached hydrogens (tertiary/aromatic N) is 3. The number of ether oxygens (including phenoxy) is 1. The molecular weight excluding hydrogens is 473 g/mol. The van der Waals surface area contributed by atoms with Crippen molar-refractivity contribution in [2.75, 3.05) is 40.2 Å². The summed E-state index contributed by atoms with van der Waals surface area (Å²) in [7, 11) is -5.91. The molecule has 1 aliphatic heterocycles. The third-order valence-electron chi connectivity index (χ3n) is 3.66. The van der Waals surface area contributed by atoms with Crippen LogP contribution in [0.4, 0.5) is 5.82 Å². The molecule has 1 aromatic rings. The summed E-state index contributed by atoms with van der Waals surface area (Å²) in [5, 5.41) is 20.1. The van der Waals surface area contributed by atoms with Crippen LogP contribution >= 0.6 is 15.6 Å². The number of anilines is 1. The second kappa shape index (κ2) is 10.8. The molecule has 0 spiro atoms. The van der Waals surface area contributed by atoms with Crippen molar-refractivity contribution in [3.63, 3.8) is 0 Å². The van der Waals surface area contributed by atoms with E-state index in [9.17, 15) is 33.9 Å². The summed E-state index contributed by atoms with van der Waals surface area (Å²) in [6.07, 6.45) is -5.02. The van der Waals surface area contributed by atoms with E-state index in [0.717, 1.165) is 10.8 Å². The van der Waals surface area contributed by atoms with Gasteiger partial charge in [-0.05, 0) is 6.07 Å². The standard InChI is InChI=1S/C13H24N4O11P2.Na/c1-17(2,3)7-26-30(23,24)28-29(21,22)25-6-8-10(18)11(19)12(27-8)16-5-4-9(14)15-13(16)20;/h4-5,8,10-12,18-19H,6-7H2,1-3H3,(H3-,14,15,20,21,22,23,24);/q;+1/p-1/t8-,10-,11-,12+;/m0./s1. The van der Waals surface area contributed by atoms with Crippen LogP contribution in [-0.2, 0) is 27.2 Å². The summed E-state index contributed by atoms with van der Waals surface area (Å²) in [4.78, 5) is 38.8. The van der Waals surface area contributed by atoms with E-state index in [1.54, 1.807) is 21.1 Å². The van der Waals surface area contributed by atoms with Crippen molar-refractivity contribution >= 4 is 21.5 Å². The summed E-state index contributed by atoms with van der Waals surface area (Å²) in [5.74, 6) is -0.0804. The van der Waals surface area contributed by atoms with Crippen molar-refractivity contribution in [2.45, 2.75) is 24.5 Å². The number of quaternary nitrogens is 1. The first kappa shape index (κ1) is 28.8. The van der Waals surface area contributed by atoms with E-state index in [0.29, 0.717) is 0 Å². The Morgan fingerprint density at radius 1 is 1.23 bits per heavy atom. The second-order valence-electron chi connectivity index (χ2n) is 7.41. The Morgan fingerprint density at radius 3 is 2.35 bits per heavy atom. The molecule has 172 valence electrons. The maximum Gasteiger partial charge on any atom is 1.00 e. The molecule has 2 heterocycles. The summed E-state index contributed by atoms with van der Waals surface area (Å²) < 4.78 is 42.5. The van der Waals surface area contributed by atoms with Gasteiger partial charge in [0.1, 0.15) is 24.1 Å². The second-order valence-corrected chi connectivity index (χ2v) is 10.4. The summed E-state index contributed by atoms with van der Waals surface area (Å²) >= 11 is 0. The number of hydrogen-bond donors (Lipinski definition) is 3. The van der Waals surface area contributed by atoms with E-state index in [4.69, 9.17) is 10.5 Å². The fraction of sp³-hybridized carbons (Fsp3) is 0.692. The predicted molar refractivity (Wildman–Crippen MR) is 95.1 cm³/mol. The molecule has 6 atom stereocenters. The fourth-order valence-corrected chi connectivity index (χ4v) is 4.47. The predicted octanol–water partition coefficient (Wildman–Crippen LogP) is -5.90. The average molecular weight is 496 g/mol. The van der Waals surface area contributed by atoms with Gasteiger partial charge in [0.05, 0.1) is 27.7 Å². The molecular formula is C13H23N4NaO11P2. The Hall–Kier alpha value is -0.220. The normalized spacial score (nSPS) is 27.8. The summed E-state index contributed by atoms with van der Waals surface area (Å²) in [6.45, 7) is -1.31. The molecule has 0 aliphatic carbocycles. The van der Waals surface area contributed by atoms with E-state index < -0.39 is 59.2 Å². The molecule has 0 saturated carbocycles. The van der Waals surface area contributed by atoms with Crippen LogP contribution in [0.15, 0.2) is 17.1 Å². The number of aliphatic hydroxyl groups excluding tert-OH is 2. The molecule has 1 fully saturated rings. The molecule has 0 amide bonds. The van der Waals surface area contributed by atoms with Gasteiger partial charge in [-0.25, -0.2) is 9.11 Å². The molecule has 1 aromatic heterocycles. The number of nitrogen functional groups attached to an aromatic ring is 1. The van der Waals surface area contributed by atoms with Gasteiger partial charge in [-0.3, -0.25) is 18.2 Å². The molecule has 2 rings (SSSR count). The minimum absolute atomic E-state index is 0. The van der Waals surface area contributed by atoms with Gasteiger partial charge in [-0.2, -0.15) is 4.98 Å². The topological polar surface area (TPSA) is 219 Å². The zero-order chi connectivity index (χ0) is 22.9. The number of rotatable bonds is 9. The third kappa shape index (κ3) is 8.57. The number of aromatic nitrogens is 2. The van der Waals surface area contributed by atoms with Crippen LogP contribution in [0.5, 0.6) is 0 Å². The molecule has 0 aromatic carbocycles. The van der Waals surface area contributed by atoms with Crippen LogP contribution in [0, 0.1) is 0 Å². The van der Waals surface area contributed by atoms with Gasteiger partial charge in [-0.15, -0.1) is 0 Å². The molecule has 18 heteroatoms. The maximum atomic E-state index is 11.9. The van der Waals surface area contributed by atoms with Crippen LogP contribution in [0.1, 0.15) is 6.23 Å². The van der Waals surface area contributed by atoms with Crippen LogP contribution < -0.4 is 50.8 Å². The van der Waals surface area contributed by atoms with E-state index in [1.807, 2.05) is 0 Å². The zero-order valence-electron chi connectivity index (χ0n) is 17.3. The monoisotopic (exact) mass is 496 g/mol. The van der Waals surface area contributed by atoms with E-state index in [-0.39, 0.29) is 39.9 Å². The maximum absolute atomic E-state index is 11.9.